The smallest absolute Gasteiger partial charge is 0.270 e. The number of rotatable bonds is 5. The highest BCUT2D eigenvalue weighted by Gasteiger charge is 2.15. The van der Waals surface area contributed by atoms with E-state index < -0.39 is 0 Å². The summed E-state index contributed by atoms with van der Waals surface area (Å²) in [5.41, 5.74) is 1.77. The maximum atomic E-state index is 12.4. The van der Waals surface area contributed by atoms with Gasteiger partial charge in [0, 0.05) is 30.0 Å². The Bertz CT molecular complexity index is 896. The molecule has 3 rings (SSSR count). The molecule has 0 spiro atoms. The number of nitrogens with one attached hydrogen (secondary N) is 1. The fourth-order valence-corrected chi connectivity index (χ4v) is 2.54. The summed E-state index contributed by atoms with van der Waals surface area (Å²) in [6.07, 6.45) is 3.31. The van der Waals surface area contributed by atoms with Crippen LogP contribution < -0.4 is 10.2 Å². The third kappa shape index (κ3) is 3.80. The topological polar surface area (TPSA) is 75.2 Å². The zero-order chi connectivity index (χ0) is 17.6. The number of carbonyl (C=O) groups excluding carboxylic acids is 2. The van der Waals surface area contributed by atoms with Crippen molar-refractivity contribution in [2.75, 3.05) is 18.0 Å². The molecule has 2 amide bonds. The van der Waals surface area contributed by atoms with Crippen LogP contribution in [0.3, 0.4) is 0 Å². The first-order chi connectivity index (χ1) is 12.2. The van der Waals surface area contributed by atoms with Gasteiger partial charge in [-0.3, -0.25) is 14.6 Å². The summed E-state index contributed by atoms with van der Waals surface area (Å²) in [5.74, 6) is -0.553. The van der Waals surface area contributed by atoms with Crippen LogP contribution in [0.1, 0.15) is 17.4 Å². The molecule has 6 nitrogen and oxygen atoms in total. The van der Waals surface area contributed by atoms with Gasteiger partial charge >= 0.3 is 0 Å². The number of nitrogens with zero attached hydrogens (tertiary/aromatic N) is 3. The number of amides is 2. The maximum Gasteiger partial charge on any atom is 0.270 e. The van der Waals surface area contributed by atoms with Gasteiger partial charge in [0.25, 0.3) is 5.91 Å². The van der Waals surface area contributed by atoms with E-state index in [1.807, 2.05) is 37.3 Å². The van der Waals surface area contributed by atoms with Crippen LogP contribution in [0.4, 0.5) is 5.69 Å². The van der Waals surface area contributed by atoms with Gasteiger partial charge in [0.2, 0.25) is 5.91 Å². The monoisotopic (exact) mass is 334 g/mol. The van der Waals surface area contributed by atoms with E-state index in [9.17, 15) is 9.59 Å². The number of anilines is 1. The number of aromatic nitrogens is 2. The fourth-order valence-electron chi connectivity index (χ4n) is 2.54. The van der Waals surface area contributed by atoms with Crippen LogP contribution in [0.5, 0.6) is 0 Å². The lowest BCUT2D eigenvalue weighted by Gasteiger charge is -2.21. The minimum atomic E-state index is -0.379. The SMILES string of the molecule is CCN(C(=O)CNC(=O)c1ccc2cnccc2n1)c1ccccc1. The van der Waals surface area contributed by atoms with Crippen LogP contribution in [-0.2, 0) is 4.79 Å². The van der Waals surface area contributed by atoms with Crippen molar-refractivity contribution in [3.05, 3.63) is 66.6 Å². The molecule has 0 bridgehead atoms. The van der Waals surface area contributed by atoms with E-state index in [0.717, 1.165) is 11.1 Å². The van der Waals surface area contributed by atoms with E-state index in [-0.39, 0.29) is 24.1 Å². The summed E-state index contributed by atoms with van der Waals surface area (Å²) in [4.78, 5) is 34.6. The van der Waals surface area contributed by atoms with E-state index in [1.54, 1.807) is 35.5 Å². The van der Waals surface area contributed by atoms with Crippen LogP contribution in [0.25, 0.3) is 10.9 Å². The van der Waals surface area contributed by atoms with Crippen molar-refractivity contribution in [2.24, 2.45) is 0 Å². The molecule has 126 valence electrons. The minimum Gasteiger partial charge on any atom is -0.342 e. The van der Waals surface area contributed by atoms with E-state index in [4.69, 9.17) is 0 Å². The van der Waals surface area contributed by atoms with E-state index in [2.05, 4.69) is 15.3 Å². The highest BCUT2D eigenvalue weighted by molar-refractivity contribution is 6.00. The van der Waals surface area contributed by atoms with Crippen molar-refractivity contribution in [3.8, 4) is 0 Å². The Balaban J connectivity index is 1.67. The molecule has 2 aromatic heterocycles. The Kier molecular flexibility index (Phi) is 4.99. The van der Waals surface area contributed by atoms with Crippen LogP contribution in [0, 0.1) is 0 Å². The van der Waals surface area contributed by atoms with E-state index >= 15 is 0 Å². The molecule has 0 aliphatic rings. The first kappa shape index (κ1) is 16.6. The predicted molar refractivity (Wildman–Crippen MR) is 96.3 cm³/mol. The lowest BCUT2D eigenvalue weighted by Crippen LogP contribution is -2.40. The molecule has 6 heteroatoms. The van der Waals surface area contributed by atoms with Crippen molar-refractivity contribution >= 4 is 28.4 Å². The highest BCUT2D eigenvalue weighted by Crippen LogP contribution is 2.13. The largest absolute Gasteiger partial charge is 0.342 e. The van der Waals surface area contributed by atoms with Crippen molar-refractivity contribution < 1.29 is 9.59 Å². The standard InChI is InChI=1S/C19H18N4O2/c1-2-23(15-6-4-3-5-7-15)18(24)13-21-19(25)17-9-8-14-12-20-11-10-16(14)22-17/h3-12H,2,13H2,1H3,(H,21,25). The third-order valence-corrected chi connectivity index (χ3v) is 3.81. The number of hydrogen-bond donors (Lipinski definition) is 1. The first-order valence-corrected chi connectivity index (χ1v) is 8.03. The quantitative estimate of drug-likeness (QED) is 0.777. The molecule has 0 fully saturated rings. The Morgan fingerprint density at radius 3 is 2.64 bits per heavy atom. The first-order valence-electron chi connectivity index (χ1n) is 8.03. The van der Waals surface area contributed by atoms with Gasteiger partial charge in [-0.2, -0.15) is 0 Å². The van der Waals surface area contributed by atoms with Gasteiger partial charge in [0.05, 0.1) is 12.1 Å². The van der Waals surface area contributed by atoms with Crippen molar-refractivity contribution in [3.63, 3.8) is 0 Å². The average molecular weight is 334 g/mol. The number of pyridine rings is 2. The lowest BCUT2D eigenvalue weighted by atomic mass is 10.2. The molecule has 0 unspecified atom stereocenters. The Morgan fingerprint density at radius 1 is 1.08 bits per heavy atom. The Morgan fingerprint density at radius 2 is 1.88 bits per heavy atom. The van der Waals surface area contributed by atoms with Crippen LogP contribution in [-0.4, -0.2) is 34.9 Å². The molecule has 0 atom stereocenters. The molecule has 1 N–H and O–H groups in total. The Hall–Kier alpha value is -3.28. The normalized spacial score (nSPS) is 10.4. The number of fused-ring (bicyclic) bond motifs is 1. The molecule has 2 heterocycles. The summed E-state index contributed by atoms with van der Waals surface area (Å²) in [6.45, 7) is 2.34. The van der Waals surface area contributed by atoms with Gasteiger partial charge in [-0.05, 0) is 37.3 Å². The number of likely N-dealkylation sites (N-methyl/N-ethyl adjacent to an activating group) is 1. The second kappa shape index (κ2) is 7.53. The van der Waals surface area contributed by atoms with E-state index in [0.29, 0.717) is 12.1 Å². The highest BCUT2D eigenvalue weighted by atomic mass is 16.2. The number of para-hydroxylation sites is 1. The molecule has 0 aliphatic carbocycles. The maximum absolute atomic E-state index is 12.4. The summed E-state index contributed by atoms with van der Waals surface area (Å²) < 4.78 is 0. The van der Waals surface area contributed by atoms with Crippen molar-refractivity contribution in [1.82, 2.24) is 15.3 Å². The van der Waals surface area contributed by atoms with Crippen molar-refractivity contribution in [2.45, 2.75) is 6.92 Å². The molecule has 0 saturated carbocycles. The average Bonchev–Trinajstić information content (AvgIpc) is 2.67. The summed E-state index contributed by atoms with van der Waals surface area (Å²) in [6, 6.07) is 14.5. The molecular weight excluding hydrogens is 316 g/mol. The minimum absolute atomic E-state index is 0.0857. The Labute approximate surface area is 145 Å². The number of carbonyl (C=O) groups is 2. The van der Waals surface area contributed by atoms with Crippen LogP contribution in [0.2, 0.25) is 0 Å². The second-order valence-electron chi connectivity index (χ2n) is 5.42. The van der Waals surface area contributed by atoms with Gasteiger partial charge in [-0.15, -0.1) is 0 Å². The molecule has 0 saturated heterocycles. The summed E-state index contributed by atoms with van der Waals surface area (Å²) >= 11 is 0. The lowest BCUT2D eigenvalue weighted by molar-refractivity contribution is -0.117. The molecule has 0 radical (unpaired) electrons. The van der Waals surface area contributed by atoms with Gasteiger partial charge in [0.1, 0.15) is 5.69 Å². The van der Waals surface area contributed by atoms with Crippen LogP contribution in [0.15, 0.2) is 60.9 Å². The summed E-state index contributed by atoms with van der Waals surface area (Å²) in [5, 5.41) is 3.50. The molecular formula is C19H18N4O2. The molecule has 3 aromatic rings. The van der Waals surface area contributed by atoms with Gasteiger partial charge in [-0.25, -0.2) is 4.98 Å². The molecule has 25 heavy (non-hydrogen) atoms. The zero-order valence-electron chi connectivity index (χ0n) is 13.8. The second-order valence-corrected chi connectivity index (χ2v) is 5.42. The zero-order valence-corrected chi connectivity index (χ0v) is 13.8. The number of benzene rings is 1. The van der Waals surface area contributed by atoms with Crippen molar-refractivity contribution in [1.29, 1.82) is 0 Å². The third-order valence-electron chi connectivity index (χ3n) is 3.81. The van der Waals surface area contributed by atoms with E-state index in [1.165, 1.54) is 0 Å². The summed E-state index contributed by atoms with van der Waals surface area (Å²) in [7, 11) is 0. The fraction of sp³-hybridized carbons (Fsp3) is 0.158. The molecule has 1 aromatic carbocycles. The number of hydrogen-bond acceptors (Lipinski definition) is 4. The molecule has 0 aliphatic heterocycles. The predicted octanol–water partition coefficient (Wildman–Crippen LogP) is 2.41. The van der Waals surface area contributed by atoms with Crippen LogP contribution >= 0.6 is 0 Å². The van der Waals surface area contributed by atoms with Gasteiger partial charge in [0.15, 0.2) is 0 Å². The van der Waals surface area contributed by atoms with Gasteiger partial charge < -0.3 is 10.2 Å². The van der Waals surface area contributed by atoms with Gasteiger partial charge in [-0.1, -0.05) is 18.2 Å².